The zero-order chi connectivity index (χ0) is 13.6. The van der Waals surface area contributed by atoms with Gasteiger partial charge in [0, 0.05) is 11.5 Å². The molecule has 0 fully saturated rings. The molecular weight excluding hydrogens is 324 g/mol. The predicted octanol–water partition coefficient (Wildman–Crippen LogP) is 3.75. The minimum Gasteiger partial charge on any atom is -0.327 e. The van der Waals surface area contributed by atoms with Crippen molar-refractivity contribution < 1.29 is 0 Å². The lowest BCUT2D eigenvalue weighted by Crippen LogP contribution is -2.00. The van der Waals surface area contributed by atoms with E-state index < -0.39 is 0 Å². The molecule has 1 N–H and O–H groups in total. The summed E-state index contributed by atoms with van der Waals surface area (Å²) in [5.74, 6) is 0. The molecule has 0 amide bonds. The van der Waals surface area contributed by atoms with Crippen molar-refractivity contribution in [3.05, 3.63) is 39.2 Å². The first-order valence-corrected chi connectivity index (χ1v) is 7.24. The van der Waals surface area contributed by atoms with E-state index in [-0.39, 0.29) is 0 Å². The maximum absolute atomic E-state index is 5.45. The molecule has 0 saturated heterocycles. The van der Waals surface area contributed by atoms with Crippen molar-refractivity contribution in [1.29, 1.82) is 0 Å². The molecule has 1 aromatic carbocycles. The van der Waals surface area contributed by atoms with Crippen LogP contribution in [0.4, 0.5) is 0 Å². The predicted molar refractivity (Wildman–Crippen MR) is 82.3 cm³/mol. The molecule has 0 aliphatic heterocycles. The highest BCUT2D eigenvalue weighted by Gasteiger charge is 2.15. The smallest absolute Gasteiger partial charge is 0.184 e. The summed E-state index contributed by atoms with van der Waals surface area (Å²) >= 11 is 8.94. The van der Waals surface area contributed by atoms with Gasteiger partial charge in [0.15, 0.2) is 10.4 Å². The topological polar surface area (TPSA) is 38.5 Å². The van der Waals surface area contributed by atoms with Crippen LogP contribution in [0, 0.1) is 4.77 Å². The summed E-state index contributed by atoms with van der Waals surface area (Å²) in [4.78, 5) is 3.26. The van der Waals surface area contributed by atoms with Gasteiger partial charge in [-0.15, -0.1) is 0 Å². The van der Waals surface area contributed by atoms with Gasteiger partial charge in [-0.3, -0.25) is 4.57 Å². The first-order valence-electron chi connectivity index (χ1n) is 6.04. The number of imidazole rings is 1. The molecule has 0 unspecified atom stereocenters. The molecule has 0 saturated carbocycles. The van der Waals surface area contributed by atoms with Crippen molar-refractivity contribution in [2.45, 2.75) is 13.3 Å². The van der Waals surface area contributed by atoms with Crippen molar-refractivity contribution in [3.8, 4) is 5.69 Å². The normalized spacial score (nSPS) is 11.3. The quantitative estimate of drug-likeness (QED) is 0.724. The Labute approximate surface area is 124 Å². The van der Waals surface area contributed by atoms with Gasteiger partial charge in [-0.1, -0.05) is 28.9 Å². The summed E-state index contributed by atoms with van der Waals surface area (Å²) in [6, 6.07) is 8.07. The molecule has 3 aromatic rings. The van der Waals surface area contributed by atoms with E-state index in [0.29, 0.717) is 4.77 Å². The van der Waals surface area contributed by atoms with Crippen molar-refractivity contribution in [1.82, 2.24) is 19.3 Å². The second-order valence-corrected chi connectivity index (χ2v) is 5.67. The van der Waals surface area contributed by atoms with Crippen LogP contribution < -0.4 is 0 Å². The van der Waals surface area contributed by atoms with Crippen molar-refractivity contribution in [2.24, 2.45) is 7.05 Å². The van der Waals surface area contributed by atoms with Gasteiger partial charge in [0.1, 0.15) is 5.52 Å². The molecule has 0 spiro atoms. The fourth-order valence-corrected chi connectivity index (χ4v) is 3.00. The van der Waals surface area contributed by atoms with Crippen LogP contribution >= 0.6 is 28.1 Å². The third-order valence-corrected chi connectivity index (χ3v) is 3.92. The highest BCUT2D eigenvalue weighted by atomic mass is 79.9. The van der Waals surface area contributed by atoms with Crippen LogP contribution in [0.2, 0.25) is 0 Å². The molecule has 0 atom stereocenters. The molecule has 2 aromatic heterocycles. The van der Waals surface area contributed by atoms with Crippen LogP contribution in [-0.4, -0.2) is 19.3 Å². The lowest BCUT2D eigenvalue weighted by atomic mass is 10.3. The zero-order valence-electron chi connectivity index (χ0n) is 10.6. The molecule has 0 aliphatic rings. The molecule has 6 heteroatoms. The number of halogens is 1. The molecule has 0 aliphatic carbocycles. The molecule has 2 heterocycles. The lowest BCUT2D eigenvalue weighted by molar-refractivity contribution is 0.748. The van der Waals surface area contributed by atoms with Gasteiger partial charge in [0.05, 0.1) is 11.4 Å². The Balaban J connectivity index is 2.38. The van der Waals surface area contributed by atoms with Gasteiger partial charge in [0.25, 0.3) is 0 Å². The van der Waals surface area contributed by atoms with E-state index in [4.69, 9.17) is 12.2 Å². The van der Waals surface area contributed by atoms with Crippen molar-refractivity contribution >= 4 is 39.3 Å². The van der Waals surface area contributed by atoms with E-state index in [2.05, 4.69) is 32.9 Å². The number of rotatable bonds is 2. The summed E-state index contributed by atoms with van der Waals surface area (Å²) in [7, 11) is 1.94. The highest BCUT2D eigenvalue weighted by molar-refractivity contribution is 9.10. The maximum Gasteiger partial charge on any atom is 0.184 e. The molecule has 4 nitrogen and oxygen atoms in total. The van der Waals surface area contributed by atoms with Crippen LogP contribution in [0.25, 0.3) is 16.9 Å². The first kappa shape index (κ1) is 12.6. The van der Waals surface area contributed by atoms with Gasteiger partial charge >= 0.3 is 0 Å². The lowest BCUT2D eigenvalue weighted by Gasteiger charge is -2.05. The Morgan fingerprint density at radius 3 is 2.89 bits per heavy atom. The Hall–Kier alpha value is -1.40. The van der Waals surface area contributed by atoms with Gasteiger partial charge in [-0.2, -0.15) is 5.10 Å². The zero-order valence-corrected chi connectivity index (χ0v) is 13.0. The molecule has 0 bridgehead atoms. The monoisotopic (exact) mass is 336 g/mol. The van der Waals surface area contributed by atoms with E-state index in [1.54, 1.807) is 0 Å². The Morgan fingerprint density at radius 2 is 2.21 bits per heavy atom. The number of aromatic amines is 1. The van der Waals surface area contributed by atoms with Crippen LogP contribution in [0.5, 0.6) is 0 Å². The van der Waals surface area contributed by atoms with Gasteiger partial charge in [-0.25, -0.2) is 4.68 Å². The van der Waals surface area contributed by atoms with E-state index in [1.807, 2.05) is 40.6 Å². The summed E-state index contributed by atoms with van der Waals surface area (Å²) in [6.45, 7) is 2.09. The van der Waals surface area contributed by atoms with E-state index >= 15 is 0 Å². The minimum atomic E-state index is 0.691. The van der Waals surface area contributed by atoms with Gasteiger partial charge in [0.2, 0.25) is 0 Å². The fraction of sp³-hybridized carbons (Fsp3) is 0.231. The SMILES string of the molecule is CCc1nn(C)c2c1[nH]c(=S)n2-c1cccc(Br)c1. The summed E-state index contributed by atoms with van der Waals surface area (Å²) in [5.41, 5.74) is 4.09. The average molecular weight is 337 g/mol. The van der Waals surface area contributed by atoms with Crippen LogP contribution in [0.1, 0.15) is 12.6 Å². The maximum atomic E-state index is 5.45. The Kier molecular flexibility index (Phi) is 3.06. The summed E-state index contributed by atoms with van der Waals surface area (Å²) < 4.78 is 5.61. The summed E-state index contributed by atoms with van der Waals surface area (Å²) in [5, 5.41) is 4.52. The number of benzene rings is 1. The van der Waals surface area contributed by atoms with Crippen LogP contribution in [0.15, 0.2) is 28.7 Å². The van der Waals surface area contributed by atoms with Gasteiger partial charge in [-0.05, 0) is 36.8 Å². The molecule has 98 valence electrons. The number of nitrogens with zero attached hydrogens (tertiary/aromatic N) is 3. The number of hydrogen-bond acceptors (Lipinski definition) is 2. The van der Waals surface area contributed by atoms with Crippen molar-refractivity contribution in [3.63, 3.8) is 0 Å². The molecule has 3 rings (SSSR count). The third-order valence-electron chi connectivity index (χ3n) is 3.14. The second-order valence-electron chi connectivity index (χ2n) is 4.37. The fourth-order valence-electron chi connectivity index (χ4n) is 2.32. The molecule has 0 radical (unpaired) electrons. The molecule has 19 heavy (non-hydrogen) atoms. The standard InChI is InChI=1S/C13H13BrN4S/c1-3-10-11-12(17(2)16-10)18(13(19)15-11)9-6-4-5-8(14)7-9/h4-7H,3H2,1-2H3,(H,15,19). The largest absolute Gasteiger partial charge is 0.327 e. The van der Waals surface area contributed by atoms with Gasteiger partial charge < -0.3 is 4.98 Å². The highest BCUT2D eigenvalue weighted by Crippen LogP contribution is 2.23. The van der Waals surface area contributed by atoms with E-state index in [0.717, 1.165) is 33.4 Å². The molecular formula is C13H13BrN4S. The van der Waals surface area contributed by atoms with Crippen LogP contribution in [0.3, 0.4) is 0 Å². The van der Waals surface area contributed by atoms with E-state index in [9.17, 15) is 0 Å². The first-order chi connectivity index (χ1) is 9.11. The number of aryl methyl sites for hydroxylation is 2. The average Bonchev–Trinajstić information content (AvgIpc) is 2.86. The van der Waals surface area contributed by atoms with E-state index in [1.165, 1.54) is 0 Å². The Bertz CT molecular complexity index is 812. The third kappa shape index (κ3) is 1.95. The second kappa shape index (κ2) is 4.61. The Morgan fingerprint density at radius 1 is 1.42 bits per heavy atom. The summed E-state index contributed by atoms with van der Waals surface area (Å²) in [6.07, 6.45) is 0.880. The van der Waals surface area contributed by atoms with Crippen LogP contribution in [-0.2, 0) is 13.5 Å². The number of fused-ring (bicyclic) bond motifs is 1. The van der Waals surface area contributed by atoms with Crippen molar-refractivity contribution in [2.75, 3.05) is 0 Å². The number of hydrogen-bond donors (Lipinski definition) is 1. The number of aromatic nitrogens is 4. The number of H-pyrrole nitrogens is 1. The number of nitrogens with one attached hydrogen (secondary N) is 1. The minimum absolute atomic E-state index is 0.691.